The quantitative estimate of drug-likeness (QED) is 0.240. The van der Waals surface area contributed by atoms with Crippen molar-refractivity contribution in [2.24, 2.45) is 0 Å². The van der Waals surface area contributed by atoms with Crippen molar-refractivity contribution in [1.82, 2.24) is 0 Å². The van der Waals surface area contributed by atoms with Crippen molar-refractivity contribution in [1.29, 1.82) is 0 Å². The molecule has 0 aliphatic heterocycles. The maximum absolute atomic E-state index is 12.5. The molecule has 0 bridgehead atoms. The molecule has 0 saturated heterocycles. The number of hydrogen-bond acceptors (Lipinski definition) is 4. The van der Waals surface area contributed by atoms with Crippen LogP contribution in [0.5, 0.6) is 11.5 Å². The molecule has 0 aromatic heterocycles. The van der Waals surface area contributed by atoms with Crippen LogP contribution in [0.1, 0.15) is 17.5 Å². The summed E-state index contributed by atoms with van der Waals surface area (Å²) < 4.78 is 11.8. The molecular formula is C30H30N2O3. The average molecular weight is 467 g/mol. The van der Waals surface area contributed by atoms with Crippen molar-refractivity contribution in [3.05, 3.63) is 120 Å². The standard InChI is InChI=1S/C30H30N2O3/c33-30(32-26-16-9-17-27(21-26)35-23-25-13-5-2-6-14-25)22-31-28-18-7-8-19-29(28)34-20-10-15-24-11-3-1-4-12-24/h1-9,11-14,16-19,21,31H,10,15,20,22-23H2,(H,32,33). The number of nitrogens with one attached hydrogen (secondary N) is 2. The largest absolute Gasteiger partial charge is 0.491 e. The minimum Gasteiger partial charge on any atom is -0.491 e. The van der Waals surface area contributed by atoms with E-state index in [1.165, 1.54) is 5.56 Å². The van der Waals surface area contributed by atoms with Crippen LogP contribution in [0, 0.1) is 0 Å². The van der Waals surface area contributed by atoms with Crippen molar-refractivity contribution in [3.8, 4) is 11.5 Å². The molecule has 0 spiro atoms. The predicted molar refractivity (Wildman–Crippen MR) is 141 cm³/mol. The number of aryl methyl sites for hydroxylation is 1. The third kappa shape index (κ3) is 7.93. The maximum Gasteiger partial charge on any atom is 0.243 e. The lowest BCUT2D eigenvalue weighted by Gasteiger charge is -2.14. The van der Waals surface area contributed by atoms with Crippen molar-refractivity contribution in [3.63, 3.8) is 0 Å². The fourth-order valence-electron chi connectivity index (χ4n) is 3.63. The van der Waals surface area contributed by atoms with E-state index >= 15 is 0 Å². The van der Waals surface area contributed by atoms with Gasteiger partial charge in [-0.2, -0.15) is 0 Å². The van der Waals surface area contributed by atoms with E-state index in [0.717, 1.165) is 29.8 Å². The van der Waals surface area contributed by atoms with E-state index < -0.39 is 0 Å². The van der Waals surface area contributed by atoms with Crippen LogP contribution in [0.3, 0.4) is 0 Å². The van der Waals surface area contributed by atoms with Gasteiger partial charge >= 0.3 is 0 Å². The summed E-state index contributed by atoms with van der Waals surface area (Å²) in [6.07, 6.45) is 1.88. The molecule has 178 valence electrons. The Balaban J connectivity index is 1.23. The van der Waals surface area contributed by atoms with Gasteiger partial charge in [-0.15, -0.1) is 0 Å². The molecule has 4 aromatic rings. The van der Waals surface area contributed by atoms with Gasteiger partial charge in [0.25, 0.3) is 0 Å². The van der Waals surface area contributed by atoms with Crippen LogP contribution in [0.25, 0.3) is 0 Å². The first-order valence-electron chi connectivity index (χ1n) is 11.8. The molecule has 0 radical (unpaired) electrons. The SMILES string of the molecule is O=C(CNc1ccccc1OCCCc1ccccc1)Nc1cccc(OCc2ccccc2)c1. The second kappa shape index (κ2) is 12.8. The summed E-state index contributed by atoms with van der Waals surface area (Å²) in [6.45, 7) is 1.21. The minimum absolute atomic E-state index is 0.124. The smallest absolute Gasteiger partial charge is 0.243 e. The Morgan fingerprint density at radius 3 is 2.23 bits per heavy atom. The zero-order valence-corrected chi connectivity index (χ0v) is 19.7. The van der Waals surface area contributed by atoms with E-state index in [-0.39, 0.29) is 12.5 Å². The van der Waals surface area contributed by atoms with Crippen LogP contribution in [-0.4, -0.2) is 19.1 Å². The van der Waals surface area contributed by atoms with Crippen LogP contribution in [0.2, 0.25) is 0 Å². The molecule has 4 aromatic carbocycles. The van der Waals surface area contributed by atoms with E-state index in [1.807, 2.05) is 84.9 Å². The minimum atomic E-state index is -0.149. The summed E-state index contributed by atoms with van der Waals surface area (Å²) in [4.78, 5) is 12.5. The maximum atomic E-state index is 12.5. The highest BCUT2D eigenvalue weighted by Crippen LogP contribution is 2.24. The van der Waals surface area contributed by atoms with Gasteiger partial charge in [-0.05, 0) is 48.2 Å². The molecule has 0 unspecified atom stereocenters. The first-order valence-corrected chi connectivity index (χ1v) is 11.8. The van der Waals surface area contributed by atoms with Gasteiger partial charge in [0.15, 0.2) is 0 Å². The van der Waals surface area contributed by atoms with Gasteiger partial charge in [0.05, 0.1) is 18.8 Å². The molecule has 5 nitrogen and oxygen atoms in total. The summed E-state index contributed by atoms with van der Waals surface area (Å²) in [5.74, 6) is 1.29. The molecule has 0 aliphatic carbocycles. The number of para-hydroxylation sites is 2. The molecule has 2 N–H and O–H groups in total. The van der Waals surface area contributed by atoms with Crippen LogP contribution in [0.4, 0.5) is 11.4 Å². The molecule has 0 fully saturated rings. The Bertz CT molecular complexity index is 1200. The van der Waals surface area contributed by atoms with Crippen LogP contribution in [0.15, 0.2) is 109 Å². The highest BCUT2D eigenvalue weighted by atomic mass is 16.5. The third-order valence-corrected chi connectivity index (χ3v) is 5.40. The van der Waals surface area contributed by atoms with Gasteiger partial charge < -0.3 is 20.1 Å². The molecule has 4 rings (SSSR count). The number of hydrogen-bond donors (Lipinski definition) is 2. The predicted octanol–water partition coefficient (Wildman–Crippen LogP) is 6.33. The number of anilines is 2. The van der Waals surface area contributed by atoms with E-state index in [1.54, 1.807) is 0 Å². The lowest BCUT2D eigenvalue weighted by molar-refractivity contribution is -0.114. The topological polar surface area (TPSA) is 59.6 Å². The highest BCUT2D eigenvalue weighted by molar-refractivity contribution is 5.94. The summed E-state index contributed by atoms with van der Waals surface area (Å²) in [5.41, 5.74) is 3.87. The van der Waals surface area contributed by atoms with Crippen molar-refractivity contribution in [2.75, 3.05) is 23.8 Å². The number of amides is 1. The van der Waals surface area contributed by atoms with Gasteiger partial charge in [0.2, 0.25) is 5.91 Å². The van der Waals surface area contributed by atoms with Crippen molar-refractivity contribution < 1.29 is 14.3 Å². The van der Waals surface area contributed by atoms with Gasteiger partial charge in [-0.3, -0.25) is 4.79 Å². The molecule has 5 heteroatoms. The lowest BCUT2D eigenvalue weighted by Crippen LogP contribution is -2.22. The second-order valence-electron chi connectivity index (χ2n) is 8.14. The van der Waals surface area contributed by atoms with E-state index in [4.69, 9.17) is 9.47 Å². The number of rotatable bonds is 12. The van der Waals surface area contributed by atoms with Crippen molar-refractivity contribution >= 4 is 17.3 Å². The van der Waals surface area contributed by atoms with Gasteiger partial charge in [-0.1, -0.05) is 78.9 Å². The van der Waals surface area contributed by atoms with E-state index in [0.29, 0.717) is 24.7 Å². The fourth-order valence-corrected chi connectivity index (χ4v) is 3.63. The van der Waals surface area contributed by atoms with Crippen molar-refractivity contribution in [2.45, 2.75) is 19.4 Å². The Hall–Kier alpha value is -4.25. The van der Waals surface area contributed by atoms with E-state index in [2.05, 4.69) is 34.9 Å². The van der Waals surface area contributed by atoms with Gasteiger partial charge in [0, 0.05) is 11.8 Å². The molecule has 0 aliphatic rings. The fraction of sp³-hybridized carbons (Fsp3) is 0.167. The number of ether oxygens (including phenoxy) is 2. The molecule has 0 atom stereocenters. The first-order chi connectivity index (χ1) is 17.3. The average Bonchev–Trinajstić information content (AvgIpc) is 2.91. The summed E-state index contributed by atoms with van der Waals surface area (Å²) in [7, 11) is 0. The Morgan fingerprint density at radius 1 is 0.714 bits per heavy atom. The van der Waals surface area contributed by atoms with Gasteiger partial charge in [0.1, 0.15) is 18.1 Å². The van der Waals surface area contributed by atoms with E-state index in [9.17, 15) is 4.79 Å². The highest BCUT2D eigenvalue weighted by Gasteiger charge is 2.07. The molecule has 35 heavy (non-hydrogen) atoms. The summed E-state index contributed by atoms with van der Waals surface area (Å²) in [5, 5.41) is 6.10. The van der Waals surface area contributed by atoms with Crippen LogP contribution < -0.4 is 20.1 Å². The number of benzene rings is 4. The second-order valence-corrected chi connectivity index (χ2v) is 8.14. The van der Waals surface area contributed by atoms with Crippen LogP contribution in [-0.2, 0) is 17.8 Å². The zero-order chi connectivity index (χ0) is 24.1. The molecular weight excluding hydrogens is 436 g/mol. The molecule has 0 saturated carbocycles. The summed E-state index contributed by atoms with van der Waals surface area (Å²) in [6, 6.07) is 35.4. The van der Waals surface area contributed by atoms with Crippen LogP contribution >= 0.6 is 0 Å². The monoisotopic (exact) mass is 466 g/mol. The lowest BCUT2D eigenvalue weighted by atomic mass is 10.1. The Morgan fingerprint density at radius 2 is 1.43 bits per heavy atom. The molecule has 1 amide bonds. The number of carbonyl (C=O) groups excluding carboxylic acids is 1. The Kier molecular flexibility index (Phi) is 8.77. The van der Waals surface area contributed by atoms with Gasteiger partial charge in [-0.25, -0.2) is 0 Å². The Labute approximate surface area is 206 Å². The zero-order valence-electron chi connectivity index (χ0n) is 19.7. The molecule has 0 heterocycles. The first kappa shape index (κ1) is 23.9. The number of carbonyl (C=O) groups is 1. The normalized spacial score (nSPS) is 10.4. The third-order valence-electron chi connectivity index (χ3n) is 5.40. The summed E-state index contributed by atoms with van der Waals surface area (Å²) >= 11 is 0.